The average molecular weight is 366 g/mol. The average Bonchev–Trinajstić information content (AvgIpc) is 2.73. The number of rotatable bonds is 7. The zero-order valence-electron chi connectivity index (χ0n) is 9.72. The van der Waals surface area contributed by atoms with Gasteiger partial charge in [-0.25, -0.2) is 19.2 Å². The van der Waals surface area contributed by atoms with Crippen LogP contribution in [-0.4, -0.2) is 30.5 Å². The molecule has 1 aromatic heterocycles. The van der Waals surface area contributed by atoms with E-state index in [1.54, 1.807) is 0 Å². The minimum Gasteiger partial charge on any atom is -0.357 e. The summed E-state index contributed by atoms with van der Waals surface area (Å²) in [6.07, 6.45) is 1.36. The van der Waals surface area contributed by atoms with Gasteiger partial charge < -0.3 is 24.6 Å². The lowest BCUT2D eigenvalue weighted by molar-refractivity contribution is 0.0653. The summed E-state index contributed by atoms with van der Waals surface area (Å²) < 4.78 is 43.2. The van der Waals surface area contributed by atoms with Crippen LogP contribution >= 0.6 is 23.5 Å². The van der Waals surface area contributed by atoms with Gasteiger partial charge in [-0.05, 0) is 12.1 Å². The second-order valence-electron chi connectivity index (χ2n) is 3.20. The summed E-state index contributed by atoms with van der Waals surface area (Å²) in [6.45, 7) is 0. The van der Waals surface area contributed by atoms with E-state index < -0.39 is 29.4 Å². The number of hydrogen-bond donors (Lipinski definition) is 6. The Balaban J connectivity index is 2.61. The molecule has 120 valence electrons. The fourth-order valence-electron chi connectivity index (χ4n) is 0.922. The van der Waals surface area contributed by atoms with E-state index in [1.165, 1.54) is 23.8 Å². The highest BCUT2D eigenvalue weighted by molar-refractivity contribution is 7.66. The normalized spacial score (nSPS) is 17.7. The van der Waals surface area contributed by atoms with Crippen molar-refractivity contribution in [1.29, 1.82) is 0 Å². The van der Waals surface area contributed by atoms with Crippen LogP contribution in [0.4, 0.5) is 0 Å². The first kappa shape index (κ1) is 18.2. The fraction of sp³-hybridized carbons (Fsp3) is 0. The maximum atomic E-state index is 11.3. The molecule has 1 amide bonds. The highest BCUT2D eigenvalue weighted by Crippen LogP contribution is 2.65. The van der Waals surface area contributed by atoms with Gasteiger partial charge in [-0.1, -0.05) is 0 Å². The molecule has 0 radical (unpaired) electrons. The van der Waals surface area contributed by atoms with Crippen molar-refractivity contribution in [3.05, 3.63) is 24.0 Å². The summed E-state index contributed by atoms with van der Waals surface area (Å²) in [5.41, 5.74) is 1.35. The third kappa shape index (κ3) is 7.11. The maximum absolute atomic E-state index is 11.3. The minimum atomic E-state index is -5.62. The van der Waals surface area contributed by atoms with Crippen molar-refractivity contribution in [3.63, 3.8) is 0 Å². The molecule has 0 aliphatic carbocycles. The Morgan fingerprint density at radius 1 is 1.10 bits per heavy atom. The number of hydrogen-bond acceptors (Lipinski definition) is 7. The van der Waals surface area contributed by atoms with Crippen LogP contribution in [0.3, 0.4) is 0 Å². The number of phosphoric acid groups is 3. The lowest BCUT2D eigenvalue weighted by Gasteiger charge is -2.15. The largest absolute Gasteiger partial charge is 0.502 e. The quantitative estimate of drug-likeness (QED) is 0.280. The number of carbonyl (C=O) groups excluding carboxylic acids is 1. The molecule has 0 bridgehead atoms. The van der Waals surface area contributed by atoms with E-state index in [0.717, 1.165) is 0 Å². The Hall–Kier alpha value is -0.840. The third-order valence-electron chi connectivity index (χ3n) is 1.51. The van der Waals surface area contributed by atoms with Gasteiger partial charge in [-0.3, -0.25) is 4.79 Å². The molecule has 0 saturated carbocycles. The predicted octanol–water partition coefficient (Wildman–Crippen LogP) is 0.00280. The lowest BCUT2D eigenvalue weighted by Crippen LogP contribution is -2.23. The molecule has 6 N–H and O–H groups in total. The zero-order chi connectivity index (χ0) is 16.3. The van der Waals surface area contributed by atoms with Crippen LogP contribution in [-0.2, 0) is 26.9 Å². The van der Waals surface area contributed by atoms with Gasteiger partial charge in [-0.2, -0.15) is 13.2 Å². The summed E-state index contributed by atoms with van der Waals surface area (Å²) in [4.78, 5) is 48.1. The summed E-state index contributed by atoms with van der Waals surface area (Å²) in [5, 5.41) is 0. The molecule has 0 aliphatic heterocycles. The van der Waals surface area contributed by atoms with Crippen molar-refractivity contribution < 1.29 is 51.3 Å². The van der Waals surface area contributed by atoms with Crippen LogP contribution in [0.1, 0.15) is 10.5 Å². The smallest absolute Gasteiger partial charge is 0.357 e. The van der Waals surface area contributed by atoms with Crippen molar-refractivity contribution in [2.45, 2.75) is 0 Å². The van der Waals surface area contributed by atoms with E-state index in [0.29, 0.717) is 0 Å². The number of amides is 1. The Labute approximate surface area is 116 Å². The van der Waals surface area contributed by atoms with Gasteiger partial charge in [-0.15, -0.1) is 0 Å². The number of H-pyrrole nitrogens is 1. The van der Waals surface area contributed by atoms with Crippen molar-refractivity contribution in [2.75, 3.05) is 0 Å². The first-order valence-electron chi connectivity index (χ1n) is 4.66. The monoisotopic (exact) mass is 366 g/mol. The van der Waals surface area contributed by atoms with Crippen LogP contribution in [0, 0.1) is 0 Å². The number of carbonyl (C=O) groups is 1. The van der Waals surface area contributed by atoms with E-state index in [-0.39, 0.29) is 5.69 Å². The van der Waals surface area contributed by atoms with E-state index >= 15 is 0 Å². The molecule has 2 atom stereocenters. The van der Waals surface area contributed by atoms with Crippen LogP contribution < -0.4 is 5.48 Å². The summed E-state index contributed by atoms with van der Waals surface area (Å²) in [7, 11) is -16.5. The van der Waals surface area contributed by atoms with Gasteiger partial charge in [0, 0.05) is 6.20 Å². The van der Waals surface area contributed by atoms with Crippen LogP contribution in [0.25, 0.3) is 0 Å². The Kier molecular flexibility index (Phi) is 5.64. The molecule has 21 heavy (non-hydrogen) atoms. The molecular weight excluding hydrogens is 357 g/mol. The van der Waals surface area contributed by atoms with E-state index in [1.807, 2.05) is 0 Å². The predicted molar refractivity (Wildman–Crippen MR) is 63.2 cm³/mol. The highest BCUT2D eigenvalue weighted by atomic mass is 31.3. The number of hydroxylamine groups is 1. The van der Waals surface area contributed by atoms with Crippen molar-refractivity contribution in [1.82, 2.24) is 10.5 Å². The molecule has 0 saturated heterocycles. The Bertz CT molecular complexity index is 634. The van der Waals surface area contributed by atoms with E-state index in [9.17, 15) is 18.5 Å². The van der Waals surface area contributed by atoms with Crippen molar-refractivity contribution in [3.8, 4) is 0 Å². The SMILES string of the molecule is O=C(NOP(=O)(O)OP(=O)(O)OP(=O)(O)O)c1ccc[nH]1. The highest BCUT2D eigenvalue weighted by Gasteiger charge is 2.41. The van der Waals surface area contributed by atoms with Gasteiger partial charge in [0.15, 0.2) is 0 Å². The Morgan fingerprint density at radius 3 is 2.19 bits per heavy atom. The molecule has 2 unspecified atom stereocenters. The molecule has 0 aliphatic rings. The standard InChI is InChI=1S/C5H9N2O11P3/c8-5(4-2-1-3-6-4)7-16-20(12,13)18-21(14,15)17-19(9,10)11/h1-3,6H,(H,7,8)(H,12,13)(H,14,15)(H2,9,10,11). The molecule has 16 heteroatoms. The second kappa shape index (κ2) is 6.51. The fourth-order valence-corrected chi connectivity index (χ4v) is 3.76. The molecular formula is C5H9N2O11P3. The number of aromatic nitrogens is 1. The second-order valence-corrected chi connectivity index (χ2v) is 7.54. The first-order chi connectivity index (χ1) is 9.40. The molecule has 1 heterocycles. The van der Waals surface area contributed by atoms with Crippen LogP contribution in [0.15, 0.2) is 18.3 Å². The van der Waals surface area contributed by atoms with E-state index in [2.05, 4.69) is 18.2 Å². The maximum Gasteiger partial charge on any atom is 0.502 e. The molecule has 1 rings (SSSR count). The topological polar surface area (TPSA) is 205 Å². The van der Waals surface area contributed by atoms with Gasteiger partial charge in [0.1, 0.15) is 5.69 Å². The van der Waals surface area contributed by atoms with Crippen molar-refractivity contribution >= 4 is 29.4 Å². The first-order valence-corrected chi connectivity index (χ1v) is 9.18. The van der Waals surface area contributed by atoms with Gasteiger partial charge in [0.25, 0.3) is 5.91 Å². The molecule has 0 spiro atoms. The number of nitrogens with one attached hydrogen (secondary N) is 2. The molecule has 1 aromatic rings. The van der Waals surface area contributed by atoms with Crippen molar-refractivity contribution in [2.24, 2.45) is 0 Å². The van der Waals surface area contributed by atoms with Gasteiger partial charge in [0.2, 0.25) is 0 Å². The van der Waals surface area contributed by atoms with Crippen LogP contribution in [0.2, 0.25) is 0 Å². The molecule has 0 aromatic carbocycles. The molecule has 13 nitrogen and oxygen atoms in total. The third-order valence-corrected chi connectivity index (χ3v) is 5.16. The van der Waals surface area contributed by atoms with Gasteiger partial charge in [0.05, 0.1) is 0 Å². The van der Waals surface area contributed by atoms with Gasteiger partial charge >= 0.3 is 23.5 Å². The zero-order valence-corrected chi connectivity index (χ0v) is 12.4. The Morgan fingerprint density at radius 2 is 1.71 bits per heavy atom. The van der Waals surface area contributed by atoms with E-state index in [4.69, 9.17) is 19.6 Å². The lowest BCUT2D eigenvalue weighted by atomic mass is 10.4. The summed E-state index contributed by atoms with van der Waals surface area (Å²) in [6, 6.07) is 2.70. The molecule has 0 fully saturated rings. The van der Waals surface area contributed by atoms with Crippen LogP contribution in [0.5, 0.6) is 0 Å². The minimum absolute atomic E-state index is 0.0753. The number of aromatic amines is 1. The summed E-state index contributed by atoms with van der Waals surface area (Å²) in [5.74, 6) is -1.03. The summed E-state index contributed by atoms with van der Waals surface area (Å²) >= 11 is 0.